The topological polar surface area (TPSA) is 55.1 Å². The molecule has 2 aliphatic rings. The smallest absolute Gasteiger partial charge is 0.227 e. The van der Waals surface area contributed by atoms with E-state index < -0.39 is 0 Å². The number of rotatable bonds is 4. The van der Waals surface area contributed by atoms with Crippen molar-refractivity contribution in [2.45, 2.75) is 70.8 Å². The maximum Gasteiger partial charge on any atom is 0.227 e. The molecule has 2 fully saturated rings. The Bertz CT molecular complexity index is 286. The van der Waals surface area contributed by atoms with Gasteiger partial charge in [0.1, 0.15) is 0 Å². The number of hydrogen-bond donors (Lipinski definition) is 2. The lowest BCUT2D eigenvalue weighted by molar-refractivity contribution is -0.130. The largest absolute Gasteiger partial charge is 0.356 e. The molecule has 2 rings (SSSR count). The van der Waals surface area contributed by atoms with Gasteiger partial charge in [0.05, 0.1) is 5.41 Å². The van der Waals surface area contributed by atoms with Crippen LogP contribution < -0.4 is 11.1 Å². The number of amides is 1. The summed E-state index contributed by atoms with van der Waals surface area (Å²) in [7, 11) is 0. The van der Waals surface area contributed by atoms with E-state index >= 15 is 0 Å². The van der Waals surface area contributed by atoms with Crippen LogP contribution in [0.15, 0.2) is 0 Å². The Balaban J connectivity index is 1.71. The summed E-state index contributed by atoms with van der Waals surface area (Å²) in [5.74, 6) is 1.02. The van der Waals surface area contributed by atoms with Gasteiger partial charge in [-0.3, -0.25) is 4.79 Å². The van der Waals surface area contributed by atoms with Crippen LogP contribution >= 0.6 is 0 Å². The summed E-state index contributed by atoms with van der Waals surface area (Å²) in [6, 6.07) is 0.0483. The van der Waals surface area contributed by atoms with Crippen LogP contribution in [0.5, 0.6) is 0 Å². The molecular formula is C15H28N2O. The highest BCUT2D eigenvalue weighted by Gasteiger charge is 2.42. The van der Waals surface area contributed by atoms with E-state index in [9.17, 15) is 4.79 Å². The normalized spacial score (nSPS) is 33.6. The third-order valence-corrected chi connectivity index (χ3v) is 5.11. The van der Waals surface area contributed by atoms with Crippen molar-refractivity contribution < 1.29 is 4.79 Å². The summed E-state index contributed by atoms with van der Waals surface area (Å²) in [6.07, 6.45) is 11.0. The van der Waals surface area contributed by atoms with Gasteiger partial charge in [-0.05, 0) is 32.1 Å². The summed E-state index contributed by atoms with van der Waals surface area (Å²) in [6.45, 7) is 2.87. The summed E-state index contributed by atoms with van der Waals surface area (Å²) in [5.41, 5.74) is 5.75. The monoisotopic (exact) mass is 252 g/mol. The van der Waals surface area contributed by atoms with E-state index in [-0.39, 0.29) is 17.4 Å². The van der Waals surface area contributed by atoms with Gasteiger partial charge in [0.2, 0.25) is 5.91 Å². The molecule has 0 aromatic heterocycles. The zero-order valence-electron chi connectivity index (χ0n) is 11.7. The molecule has 0 aliphatic heterocycles. The molecule has 2 unspecified atom stereocenters. The van der Waals surface area contributed by atoms with Crippen LogP contribution in [-0.4, -0.2) is 18.5 Å². The van der Waals surface area contributed by atoms with Gasteiger partial charge in [-0.25, -0.2) is 0 Å². The molecular weight excluding hydrogens is 224 g/mol. The van der Waals surface area contributed by atoms with Crippen LogP contribution in [0.4, 0.5) is 0 Å². The van der Waals surface area contributed by atoms with Gasteiger partial charge < -0.3 is 11.1 Å². The minimum atomic E-state index is -0.313. The van der Waals surface area contributed by atoms with E-state index in [4.69, 9.17) is 5.73 Å². The van der Waals surface area contributed by atoms with Crippen molar-refractivity contribution in [2.24, 2.45) is 17.1 Å². The second-order valence-corrected chi connectivity index (χ2v) is 6.46. The fraction of sp³-hybridized carbons (Fsp3) is 0.933. The van der Waals surface area contributed by atoms with Crippen LogP contribution in [0.1, 0.15) is 64.7 Å². The fourth-order valence-electron chi connectivity index (χ4n) is 3.54. The summed E-state index contributed by atoms with van der Waals surface area (Å²) >= 11 is 0. The molecule has 18 heavy (non-hydrogen) atoms. The Kier molecular flexibility index (Phi) is 4.66. The zero-order chi connectivity index (χ0) is 13.0. The van der Waals surface area contributed by atoms with Gasteiger partial charge in [0, 0.05) is 12.6 Å². The summed E-state index contributed by atoms with van der Waals surface area (Å²) in [5, 5.41) is 3.12. The molecule has 2 aliphatic carbocycles. The van der Waals surface area contributed by atoms with Crippen LogP contribution in [0.2, 0.25) is 0 Å². The van der Waals surface area contributed by atoms with Crippen molar-refractivity contribution in [3.05, 3.63) is 0 Å². The first kappa shape index (κ1) is 13.9. The number of nitrogens with two attached hydrogens (primary N) is 1. The summed E-state index contributed by atoms with van der Waals surface area (Å²) < 4.78 is 0. The quantitative estimate of drug-likeness (QED) is 0.808. The zero-order valence-corrected chi connectivity index (χ0v) is 11.7. The molecule has 2 atom stereocenters. The van der Waals surface area contributed by atoms with Crippen LogP contribution in [0, 0.1) is 11.3 Å². The molecule has 1 amide bonds. The molecule has 0 saturated heterocycles. The van der Waals surface area contributed by atoms with Gasteiger partial charge in [-0.1, -0.05) is 38.5 Å². The van der Waals surface area contributed by atoms with Crippen molar-refractivity contribution in [3.8, 4) is 0 Å². The maximum atomic E-state index is 12.2. The Morgan fingerprint density at radius 3 is 2.56 bits per heavy atom. The Labute approximate surface area is 111 Å². The molecule has 104 valence electrons. The average Bonchev–Trinajstić information content (AvgIpc) is 2.72. The fourth-order valence-corrected chi connectivity index (χ4v) is 3.54. The predicted molar refractivity (Wildman–Crippen MR) is 74.1 cm³/mol. The number of carbonyl (C=O) groups excluding carboxylic acids is 1. The van der Waals surface area contributed by atoms with E-state index in [1.54, 1.807) is 0 Å². The molecule has 0 aromatic carbocycles. The van der Waals surface area contributed by atoms with E-state index in [1.165, 1.54) is 32.1 Å². The predicted octanol–water partition coefficient (Wildman–Crippen LogP) is 2.59. The van der Waals surface area contributed by atoms with Crippen molar-refractivity contribution in [1.29, 1.82) is 0 Å². The number of carbonyl (C=O) groups is 1. The van der Waals surface area contributed by atoms with E-state index in [0.717, 1.165) is 38.1 Å². The van der Waals surface area contributed by atoms with Gasteiger partial charge in [-0.15, -0.1) is 0 Å². The molecule has 2 saturated carbocycles. The molecule has 3 heteroatoms. The van der Waals surface area contributed by atoms with Crippen molar-refractivity contribution >= 4 is 5.91 Å². The molecule has 0 radical (unpaired) electrons. The van der Waals surface area contributed by atoms with Crippen molar-refractivity contribution in [1.82, 2.24) is 5.32 Å². The summed E-state index contributed by atoms with van der Waals surface area (Å²) in [4.78, 5) is 12.2. The Hall–Kier alpha value is -0.570. The van der Waals surface area contributed by atoms with Crippen LogP contribution in [-0.2, 0) is 4.79 Å². The van der Waals surface area contributed by atoms with Crippen molar-refractivity contribution in [3.63, 3.8) is 0 Å². The SMILES string of the molecule is CC1(C(=O)NCCC2CCCCC2)CCCC1N. The lowest BCUT2D eigenvalue weighted by atomic mass is 9.83. The van der Waals surface area contributed by atoms with E-state index in [1.807, 2.05) is 6.92 Å². The van der Waals surface area contributed by atoms with Gasteiger partial charge in [0.25, 0.3) is 0 Å². The van der Waals surface area contributed by atoms with Crippen molar-refractivity contribution in [2.75, 3.05) is 6.54 Å². The average molecular weight is 252 g/mol. The molecule has 0 heterocycles. The highest BCUT2D eigenvalue weighted by molar-refractivity contribution is 5.83. The molecule has 0 bridgehead atoms. The second-order valence-electron chi connectivity index (χ2n) is 6.46. The minimum absolute atomic E-state index is 0.0483. The second kappa shape index (κ2) is 6.05. The minimum Gasteiger partial charge on any atom is -0.356 e. The number of hydrogen-bond acceptors (Lipinski definition) is 2. The maximum absolute atomic E-state index is 12.2. The highest BCUT2D eigenvalue weighted by Crippen LogP contribution is 2.36. The highest BCUT2D eigenvalue weighted by atomic mass is 16.2. The molecule has 0 spiro atoms. The number of nitrogens with one attached hydrogen (secondary N) is 1. The van der Waals surface area contributed by atoms with Gasteiger partial charge in [0.15, 0.2) is 0 Å². The lowest BCUT2D eigenvalue weighted by Gasteiger charge is -2.28. The first-order valence-corrected chi connectivity index (χ1v) is 7.67. The van der Waals surface area contributed by atoms with Gasteiger partial charge in [-0.2, -0.15) is 0 Å². The third kappa shape index (κ3) is 3.05. The lowest BCUT2D eigenvalue weighted by Crippen LogP contribution is -2.47. The Morgan fingerprint density at radius 2 is 1.94 bits per heavy atom. The third-order valence-electron chi connectivity index (χ3n) is 5.11. The van der Waals surface area contributed by atoms with Crippen LogP contribution in [0.25, 0.3) is 0 Å². The molecule has 3 nitrogen and oxygen atoms in total. The van der Waals surface area contributed by atoms with E-state index in [2.05, 4.69) is 5.32 Å². The first-order chi connectivity index (χ1) is 8.63. The van der Waals surface area contributed by atoms with Gasteiger partial charge >= 0.3 is 0 Å². The van der Waals surface area contributed by atoms with E-state index in [0.29, 0.717) is 0 Å². The molecule has 0 aromatic rings. The standard InChI is InChI=1S/C15H28N2O/c1-15(10-5-8-13(15)16)14(18)17-11-9-12-6-3-2-4-7-12/h12-13H,2-11,16H2,1H3,(H,17,18). The van der Waals surface area contributed by atoms with Crippen LogP contribution in [0.3, 0.4) is 0 Å². The first-order valence-electron chi connectivity index (χ1n) is 7.67. The Morgan fingerprint density at radius 1 is 1.22 bits per heavy atom. The molecule has 3 N–H and O–H groups in total.